The smallest absolute Gasteiger partial charge is 0.276 e. The van der Waals surface area contributed by atoms with Crippen LogP contribution in [0.2, 0.25) is 0 Å². The van der Waals surface area contributed by atoms with Crippen molar-refractivity contribution in [2.45, 2.75) is 0 Å². The molecule has 0 aliphatic rings. The molecule has 0 radical (unpaired) electrons. The number of allylic oxidation sites excluding steroid dienone is 1. The average molecular weight is 400 g/mol. The molecule has 148 valence electrons. The molecule has 7 nitrogen and oxygen atoms in total. The van der Waals surface area contributed by atoms with Crippen molar-refractivity contribution in [1.29, 1.82) is 0 Å². The zero-order valence-corrected chi connectivity index (χ0v) is 15.9. The van der Waals surface area contributed by atoms with E-state index in [0.29, 0.717) is 22.4 Å². The number of ether oxygens (including phenoxy) is 1. The van der Waals surface area contributed by atoms with Crippen LogP contribution in [-0.4, -0.2) is 22.8 Å². The van der Waals surface area contributed by atoms with E-state index in [4.69, 9.17) is 9.15 Å². The number of methoxy groups -OCH3 is 1. The van der Waals surface area contributed by atoms with Gasteiger partial charge in [-0.15, -0.1) is 0 Å². The van der Waals surface area contributed by atoms with Crippen LogP contribution in [0.5, 0.6) is 5.75 Å². The lowest BCUT2D eigenvalue weighted by Crippen LogP contribution is -2.04. The normalized spacial score (nSPS) is 11.4. The lowest BCUT2D eigenvalue weighted by atomic mass is 10.00. The summed E-state index contributed by atoms with van der Waals surface area (Å²) in [6.07, 6.45) is 1.44. The van der Waals surface area contributed by atoms with Crippen LogP contribution in [0.25, 0.3) is 22.7 Å². The number of hydrogen-bond acceptors (Lipinski definition) is 6. The molecule has 0 aliphatic carbocycles. The minimum Gasteiger partial charge on any atom is -0.497 e. The first-order chi connectivity index (χ1) is 14.6. The van der Waals surface area contributed by atoms with E-state index in [1.807, 2.05) is 6.07 Å². The zero-order chi connectivity index (χ0) is 21.1. The van der Waals surface area contributed by atoms with Crippen molar-refractivity contribution in [3.8, 4) is 5.75 Å². The number of para-hydroxylation sites is 3. The molecule has 1 heterocycles. The maximum absolute atomic E-state index is 13.4. The Balaban J connectivity index is 1.91. The molecule has 0 spiro atoms. The molecule has 7 heteroatoms. The van der Waals surface area contributed by atoms with Crippen molar-refractivity contribution >= 4 is 34.2 Å². The van der Waals surface area contributed by atoms with Gasteiger partial charge in [0.25, 0.3) is 5.69 Å². The van der Waals surface area contributed by atoms with Crippen molar-refractivity contribution < 1.29 is 18.9 Å². The number of aromatic nitrogens is 1. The zero-order valence-electron chi connectivity index (χ0n) is 15.9. The number of nitrogens with zero attached hydrogens (tertiary/aromatic N) is 2. The number of nitro groups is 1. The van der Waals surface area contributed by atoms with E-state index in [1.165, 1.54) is 19.3 Å². The highest BCUT2D eigenvalue weighted by Crippen LogP contribution is 2.29. The van der Waals surface area contributed by atoms with Gasteiger partial charge in [-0.2, -0.15) is 0 Å². The van der Waals surface area contributed by atoms with Crippen molar-refractivity contribution in [3.05, 3.63) is 99.9 Å². The second-order valence-corrected chi connectivity index (χ2v) is 6.42. The van der Waals surface area contributed by atoms with E-state index in [0.717, 1.165) is 0 Å². The summed E-state index contributed by atoms with van der Waals surface area (Å²) in [6.45, 7) is 0. The molecule has 0 atom stereocenters. The molecule has 0 saturated carbocycles. The maximum atomic E-state index is 13.4. The van der Waals surface area contributed by atoms with Crippen LogP contribution >= 0.6 is 0 Å². The Bertz CT molecular complexity index is 1260. The van der Waals surface area contributed by atoms with Gasteiger partial charge in [-0.25, -0.2) is 4.98 Å². The van der Waals surface area contributed by atoms with Crippen LogP contribution in [0.1, 0.15) is 21.8 Å². The van der Waals surface area contributed by atoms with Gasteiger partial charge in [0.2, 0.25) is 5.89 Å². The summed E-state index contributed by atoms with van der Waals surface area (Å²) in [5, 5.41) is 11.4. The van der Waals surface area contributed by atoms with Crippen LogP contribution in [0, 0.1) is 10.1 Å². The predicted octanol–water partition coefficient (Wildman–Crippen LogP) is 5.17. The number of carbonyl (C=O) groups is 1. The van der Waals surface area contributed by atoms with Crippen LogP contribution in [0.3, 0.4) is 0 Å². The van der Waals surface area contributed by atoms with Crippen LogP contribution < -0.4 is 4.74 Å². The highest BCUT2D eigenvalue weighted by atomic mass is 16.6. The number of fused-ring (bicyclic) bond motifs is 1. The standard InChI is InChI=1S/C23H16N2O5/c1-29-17-9-6-8-16(13-17)22(26)18(14-15-7-2-4-11-20(15)25(27)28)23-24-19-10-3-5-12-21(19)30-23/h2-14H,1H3. The minimum absolute atomic E-state index is 0.0853. The number of nitro benzene ring substituents is 1. The lowest BCUT2D eigenvalue weighted by molar-refractivity contribution is -0.385. The third-order valence-corrected chi connectivity index (χ3v) is 4.53. The SMILES string of the molecule is COc1cccc(C(=O)C(=Cc2ccccc2[N+](=O)[O-])c2nc3ccccc3o2)c1. The van der Waals surface area contributed by atoms with Crippen molar-refractivity contribution in [2.75, 3.05) is 7.11 Å². The van der Waals surface area contributed by atoms with Crippen molar-refractivity contribution in [1.82, 2.24) is 4.98 Å². The van der Waals surface area contributed by atoms with Gasteiger partial charge in [0, 0.05) is 11.6 Å². The summed E-state index contributed by atoms with van der Waals surface area (Å²) in [6, 6.07) is 19.9. The number of hydrogen-bond donors (Lipinski definition) is 0. The third-order valence-electron chi connectivity index (χ3n) is 4.53. The number of carbonyl (C=O) groups excluding carboxylic acids is 1. The Morgan fingerprint density at radius 1 is 1.07 bits per heavy atom. The second-order valence-electron chi connectivity index (χ2n) is 6.42. The minimum atomic E-state index is -0.495. The molecule has 0 amide bonds. The van der Waals surface area contributed by atoms with Gasteiger partial charge in [0.15, 0.2) is 11.4 Å². The third kappa shape index (κ3) is 3.68. The molecule has 4 aromatic rings. The Kier molecular flexibility index (Phi) is 5.09. The molecular weight excluding hydrogens is 384 g/mol. The van der Waals surface area contributed by atoms with Gasteiger partial charge in [0.1, 0.15) is 11.3 Å². The topological polar surface area (TPSA) is 95.5 Å². The van der Waals surface area contributed by atoms with E-state index in [9.17, 15) is 14.9 Å². The van der Waals surface area contributed by atoms with Gasteiger partial charge in [-0.05, 0) is 36.4 Å². The fourth-order valence-electron chi connectivity index (χ4n) is 3.06. The molecule has 0 unspecified atom stereocenters. The van der Waals surface area contributed by atoms with Crippen LogP contribution in [0.4, 0.5) is 5.69 Å². The first-order valence-corrected chi connectivity index (χ1v) is 9.06. The number of oxazole rings is 1. The Labute approximate surface area is 171 Å². The highest BCUT2D eigenvalue weighted by molar-refractivity contribution is 6.31. The van der Waals surface area contributed by atoms with Crippen molar-refractivity contribution in [3.63, 3.8) is 0 Å². The fraction of sp³-hybridized carbons (Fsp3) is 0.0435. The molecule has 0 fully saturated rings. The lowest BCUT2D eigenvalue weighted by Gasteiger charge is -2.06. The Morgan fingerprint density at radius 2 is 1.83 bits per heavy atom. The van der Waals surface area contributed by atoms with E-state index >= 15 is 0 Å². The average Bonchev–Trinajstić information content (AvgIpc) is 3.21. The number of benzene rings is 3. The van der Waals surface area contributed by atoms with Gasteiger partial charge < -0.3 is 9.15 Å². The molecule has 0 bridgehead atoms. The molecule has 0 saturated heterocycles. The largest absolute Gasteiger partial charge is 0.497 e. The molecule has 0 N–H and O–H groups in total. The molecule has 0 aliphatic heterocycles. The number of Topliss-reactive ketones (excluding diaryl/α,β-unsaturated/α-hetero) is 1. The molecule has 1 aromatic heterocycles. The van der Waals surface area contributed by atoms with Crippen LogP contribution in [-0.2, 0) is 0 Å². The van der Waals surface area contributed by atoms with E-state index in [-0.39, 0.29) is 22.7 Å². The molecule has 30 heavy (non-hydrogen) atoms. The monoisotopic (exact) mass is 400 g/mol. The summed E-state index contributed by atoms with van der Waals surface area (Å²) in [7, 11) is 1.51. The fourth-order valence-corrected chi connectivity index (χ4v) is 3.06. The number of ketones is 1. The summed E-state index contributed by atoms with van der Waals surface area (Å²) in [4.78, 5) is 28.7. The molecule has 3 aromatic carbocycles. The Morgan fingerprint density at radius 3 is 2.60 bits per heavy atom. The molecule has 4 rings (SSSR count). The van der Waals surface area contributed by atoms with Crippen molar-refractivity contribution in [2.24, 2.45) is 0 Å². The second kappa shape index (κ2) is 8.00. The maximum Gasteiger partial charge on any atom is 0.276 e. The van der Waals surface area contributed by atoms with E-state index in [1.54, 1.807) is 60.7 Å². The van der Waals surface area contributed by atoms with Gasteiger partial charge >= 0.3 is 0 Å². The van der Waals surface area contributed by atoms with Crippen LogP contribution in [0.15, 0.2) is 77.2 Å². The summed E-state index contributed by atoms with van der Waals surface area (Å²) < 4.78 is 11.0. The summed E-state index contributed by atoms with van der Waals surface area (Å²) >= 11 is 0. The molecular formula is C23H16N2O5. The first-order valence-electron chi connectivity index (χ1n) is 9.06. The first kappa shape index (κ1) is 19.1. The quantitative estimate of drug-likeness (QED) is 0.192. The number of rotatable bonds is 6. The summed E-state index contributed by atoms with van der Waals surface area (Å²) in [5.41, 5.74) is 1.70. The van der Waals surface area contributed by atoms with Gasteiger partial charge in [-0.3, -0.25) is 14.9 Å². The Hall–Kier alpha value is -4.26. The van der Waals surface area contributed by atoms with E-state index in [2.05, 4.69) is 4.98 Å². The summed E-state index contributed by atoms with van der Waals surface area (Å²) in [5.74, 6) is 0.212. The predicted molar refractivity (Wildman–Crippen MR) is 112 cm³/mol. The van der Waals surface area contributed by atoms with Gasteiger partial charge in [-0.1, -0.05) is 36.4 Å². The van der Waals surface area contributed by atoms with E-state index < -0.39 is 10.7 Å². The van der Waals surface area contributed by atoms with Gasteiger partial charge in [0.05, 0.1) is 23.2 Å². The highest BCUT2D eigenvalue weighted by Gasteiger charge is 2.22.